The number of sulfonamides is 1. The van der Waals surface area contributed by atoms with E-state index in [0.29, 0.717) is 6.54 Å². The first-order valence-corrected chi connectivity index (χ1v) is 8.33. The van der Waals surface area contributed by atoms with Crippen molar-refractivity contribution in [2.75, 3.05) is 13.1 Å². The van der Waals surface area contributed by atoms with Gasteiger partial charge in [-0.05, 0) is 19.1 Å². The third kappa shape index (κ3) is 3.26. The Hall–Kier alpha value is -1.82. The van der Waals surface area contributed by atoms with Gasteiger partial charge in [-0.25, -0.2) is 8.42 Å². The third-order valence-electron chi connectivity index (χ3n) is 3.38. The zero-order valence-corrected chi connectivity index (χ0v) is 13.3. The van der Waals surface area contributed by atoms with Crippen molar-refractivity contribution in [2.45, 2.75) is 25.7 Å². The Balaban J connectivity index is 2.19. The maximum atomic E-state index is 12.5. The van der Waals surface area contributed by atoms with Crippen LogP contribution in [0.4, 0.5) is 0 Å². The second-order valence-corrected chi connectivity index (χ2v) is 7.30. The van der Waals surface area contributed by atoms with Crippen molar-refractivity contribution >= 4 is 15.9 Å². The molecule has 1 aromatic rings. The van der Waals surface area contributed by atoms with E-state index in [4.69, 9.17) is 0 Å². The van der Waals surface area contributed by atoms with E-state index in [1.807, 2.05) is 20.8 Å². The highest BCUT2D eigenvalue weighted by Crippen LogP contribution is 2.19. The second kappa shape index (κ2) is 5.89. The second-order valence-electron chi connectivity index (χ2n) is 5.41. The Kier molecular flexibility index (Phi) is 4.37. The van der Waals surface area contributed by atoms with Crippen LogP contribution in [0.3, 0.4) is 0 Å². The van der Waals surface area contributed by atoms with Crippen LogP contribution in [0, 0.1) is 12.8 Å². The van der Waals surface area contributed by atoms with Crippen molar-refractivity contribution in [3.05, 3.63) is 42.2 Å². The highest BCUT2D eigenvalue weighted by atomic mass is 32.2. The Labute approximate surface area is 125 Å². The van der Waals surface area contributed by atoms with Crippen LogP contribution in [0.25, 0.3) is 0 Å². The number of carbonyl (C=O) groups excluding carboxylic acids is 1. The minimum absolute atomic E-state index is 0.00126. The molecule has 21 heavy (non-hydrogen) atoms. The number of nitrogens with zero attached hydrogens (tertiary/aromatic N) is 2. The maximum absolute atomic E-state index is 12.5. The molecule has 1 aromatic carbocycles. The Morgan fingerprint density at radius 1 is 1.10 bits per heavy atom. The minimum Gasteiger partial charge on any atom is -0.316 e. The summed E-state index contributed by atoms with van der Waals surface area (Å²) in [6.45, 7) is 6.20. The fourth-order valence-electron chi connectivity index (χ4n) is 2.07. The first-order valence-electron chi connectivity index (χ1n) is 6.89. The normalized spacial score (nSPS) is 15.6. The van der Waals surface area contributed by atoms with Crippen LogP contribution in [0.15, 0.2) is 41.6 Å². The van der Waals surface area contributed by atoms with Gasteiger partial charge in [-0.1, -0.05) is 31.5 Å². The van der Waals surface area contributed by atoms with Crippen LogP contribution < -0.4 is 0 Å². The Morgan fingerprint density at radius 3 is 2.19 bits per heavy atom. The molecule has 1 heterocycles. The topological polar surface area (TPSA) is 57.7 Å². The number of aryl methyl sites for hydroxylation is 1. The molecular weight excluding hydrogens is 288 g/mol. The summed E-state index contributed by atoms with van der Waals surface area (Å²) in [6.07, 6.45) is 3.00. The Bertz CT molecular complexity index is 648. The van der Waals surface area contributed by atoms with Crippen molar-refractivity contribution in [3.63, 3.8) is 0 Å². The first-order chi connectivity index (χ1) is 9.82. The number of hydrogen-bond donors (Lipinski definition) is 0. The van der Waals surface area contributed by atoms with Crippen molar-refractivity contribution in [1.29, 1.82) is 0 Å². The SMILES string of the molecule is Cc1ccc(S(=O)(=O)N2C=CN(C(=O)C(C)C)CC2)cc1. The molecule has 1 aliphatic heterocycles. The van der Waals surface area contributed by atoms with Gasteiger partial charge in [-0.2, -0.15) is 0 Å². The lowest BCUT2D eigenvalue weighted by molar-refractivity contribution is -0.132. The number of hydrogen-bond acceptors (Lipinski definition) is 3. The molecular formula is C15H20N2O3S. The molecule has 6 heteroatoms. The predicted octanol–water partition coefficient (Wildman–Crippen LogP) is 1.96. The molecule has 0 atom stereocenters. The number of carbonyl (C=O) groups is 1. The quantitative estimate of drug-likeness (QED) is 0.857. The van der Waals surface area contributed by atoms with Crippen molar-refractivity contribution in [1.82, 2.24) is 9.21 Å². The molecule has 1 aliphatic rings. The van der Waals surface area contributed by atoms with Crippen LogP contribution in [0.5, 0.6) is 0 Å². The largest absolute Gasteiger partial charge is 0.316 e. The van der Waals surface area contributed by atoms with Gasteiger partial charge in [0, 0.05) is 24.9 Å². The van der Waals surface area contributed by atoms with Gasteiger partial charge in [0.15, 0.2) is 0 Å². The minimum atomic E-state index is -3.54. The van der Waals surface area contributed by atoms with Crippen LogP contribution in [0.2, 0.25) is 0 Å². The average molecular weight is 308 g/mol. The molecule has 5 nitrogen and oxygen atoms in total. The molecule has 0 saturated heterocycles. The molecule has 0 fully saturated rings. The van der Waals surface area contributed by atoms with Gasteiger partial charge in [0.05, 0.1) is 11.4 Å². The molecule has 0 radical (unpaired) electrons. The van der Waals surface area contributed by atoms with Gasteiger partial charge >= 0.3 is 0 Å². The molecule has 0 spiro atoms. The predicted molar refractivity (Wildman–Crippen MR) is 80.8 cm³/mol. The lowest BCUT2D eigenvalue weighted by Gasteiger charge is -2.30. The molecule has 0 aliphatic carbocycles. The van der Waals surface area contributed by atoms with Crippen molar-refractivity contribution in [3.8, 4) is 0 Å². The zero-order chi connectivity index (χ0) is 15.6. The lowest BCUT2D eigenvalue weighted by atomic mass is 10.2. The number of amides is 1. The number of benzene rings is 1. The van der Waals surface area contributed by atoms with Gasteiger partial charge in [-0.3, -0.25) is 9.10 Å². The van der Waals surface area contributed by atoms with E-state index in [1.54, 1.807) is 29.2 Å². The molecule has 0 unspecified atom stereocenters. The molecule has 0 aromatic heterocycles. The molecule has 2 rings (SSSR count). The van der Waals surface area contributed by atoms with Crippen molar-refractivity contribution < 1.29 is 13.2 Å². The van der Waals surface area contributed by atoms with Crippen LogP contribution in [-0.2, 0) is 14.8 Å². The van der Waals surface area contributed by atoms with Gasteiger partial charge in [0.2, 0.25) is 5.91 Å². The van der Waals surface area contributed by atoms with E-state index in [-0.39, 0.29) is 23.3 Å². The summed E-state index contributed by atoms with van der Waals surface area (Å²) in [5.41, 5.74) is 1.01. The van der Waals surface area contributed by atoms with Gasteiger partial charge < -0.3 is 4.90 Å². The van der Waals surface area contributed by atoms with E-state index in [1.165, 1.54) is 16.7 Å². The van der Waals surface area contributed by atoms with Gasteiger partial charge in [0.1, 0.15) is 0 Å². The fourth-order valence-corrected chi connectivity index (χ4v) is 3.36. The molecule has 0 saturated carbocycles. The summed E-state index contributed by atoms with van der Waals surface area (Å²) in [4.78, 5) is 13.7. The standard InChI is InChI=1S/C15H20N2O3S/c1-12(2)15(18)16-8-10-17(11-9-16)21(19,20)14-6-4-13(3)5-7-14/h4-8,10,12H,9,11H2,1-3H3. The molecule has 0 N–H and O–H groups in total. The highest BCUT2D eigenvalue weighted by Gasteiger charge is 2.26. The third-order valence-corrected chi connectivity index (χ3v) is 5.17. The highest BCUT2D eigenvalue weighted by molar-refractivity contribution is 7.89. The smallest absolute Gasteiger partial charge is 0.263 e. The fraction of sp³-hybridized carbons (Fsp3) is 0.400. The monoisotopic (exact) mass is 308 g/mol. The summed E-state index contributed by atoms with van der Waals surface area (Å²) < 4.78 is 26.2. The summed E-state index contributed by atoms with van der Waals surface area (Å²) in [6, 6.07) is 6.75. The summed E-state index contributed by atoms with van der Waals surface area (Å²) >= 11 is 0. The summed E-state index contributed by atoms with van der Waals surface area (Å²) in [5, 5.41) is 0. The number of rotatable bonds is 3. The van der Waals surface area contributed by atoms with E-state index in [2.05, 4.69) is 0 Å². The van der Waals surface area contributed by atoms with Gasteiger partial charge in [-0.15, -0.1) is 0 Å². The van der Waals surface area contributed by atoms with Crippen LogP contribution in [-0.4, -0.2) is 36.6 Å². The van der Waals surface area contributed by atoms with E-state index in [0.717, 1.165) is 5.56 Å². The Morgan fingerprint density at radius 2 is 1.71 bits per heavy atom. The first kappa shape index (κ1) is 15.6. The lowest BCUT2D eigenvalue weighted by Crippen LogP contribution is -2.41. The van der Waals surface area contributed by atoms with Gasteiger partial charge in [0.25, 0.3) is 10.0 Å². The van der Waals surface area contributed by atoms with Crippen LogP contribution >= 0.6 is 0 Å². The van der Waals surface area contributed by atoms with Crippen molar-refractivity contribution in [2.24, 2.45) is 5.92 Å². The maximum Gasteiger partial charge on any atom is 0.263 e. The average Bonchev–Trinajstić information content (AvgIpc) is 2.47. The van der Waals surface area contributed by atoms with E-state index < -0.39 is 10.0 Å². The summed E-state index contributed by atoms with van der Waals surface area (Å²) in [7, 11) is -3.54. The molecule has 114 valence electrons. The molecule has 1 amide bonds. The van der Waals surface area contributed by atoms with Crippen LogP contribution in [0.1, 0.15) is 19.4 Å². The molecule has 0 bridgehead atoms. The zero-order valence-electron chi connectivity index (χ0n) is 12.5. The van der Waals surface area contributed by atoms with E-state index in [9.17, 15) is 13.2 Å². The summed E-state index contributed by atoms with van der Waals surface area (Å²) in [5.74, 6) is -0.103. The van der Waals surface area contributed by atoms with E-state index >= 15 is 0 Å².